The number of hydrogen-bond donors (Lipinski definition) is 0. The molecule has 1 amide bonds. The standard InChI is InChI=1S/C18H15ClN4O/c1-12-11-22(15-4-2-14(19)3-5-15)18(24)17-16(10-21-23(12)17)13-6-8-20-9-7-13/h2-10,12H,11H2,1H3/t12-/m0/s1. The van der Waals surface area contributed by atoms with Crippen molar-refractivity contribution in [3.8, 4) is 11.1 Å². The lowest BCUT2D eigenvalue weighted by atomic mass is 10.0. The monoisotopic (exact) mass is 338 g/mol. The molecule has 3 heterocycles. The van der Waals surface area contributed by atoms with E-state index in [1.54, 1.807) is 35.6 Å². The number of benzene rings is 1. The lowest BCUT2D eigenvalue weighted by molar-refractivity contribution is 0.0954. The molecule has 2 aromatic heterocycles. The molecule has 0 saturated heterocycles. The Kier molecular flexibility index (Phi) is 3.58. The molecule has 0 unspecified atom stereocenters. The van der Waals surface area contributed by atoms with E-state index in [2.05, 4.69) is 17.0 Å². The summed E-state index contributed by atoms with van der Waals surface area (Å²) in [5, 5.41) is 5.09. The van der Waals surface area contributed by atoms with Crippen molar-refractivity contribution >= 4 is 23.2 Å². The molecule has 6 heteroatoms. The van der Waals surface area contributed by atoms with Crippen LogP contribution in [0.3, 0.4) is 0 Å². The Morgan fingerprint density at radius 3 is 2.54 bits per heavy atom. The van der Waals surface area contributed by atoms with Gasteiger partial charge in [-0.2, -0.15) is 5.10 Å². The summed E-state index contributed by atoms with van der Waals surface area (Å²) in [6.07, 6.45) is 5.19. The van der Waals surface area contributed by atoms with Crippen LogP contribution in [0.4, 0.5) is 5.69 Å². The van der Waals surface area contributed by atoms with Crippen LogP contribution in [0.5, 0.6) is 0 Å². The first kappa shape index (κ1) is 14.9. The van der Waals surface area contributed by atoms with Crippen molar-refractivity contribution in [3.05, 3.63) is 65.7 Å². The molecule has 1 atom stereocenters. The first-order chi connectivity index (χ1) is 11.6. The van der Waals surface area contributed by atoms with Gasteiger partial charge in [-0.25, -0.2) is 0 Å². The van der Waals surface area contributed by atoms with Crippen LogP contribution in [-0.2, 0) is 0 Å². The highest BCUT2D eigenvalue weighted by atomic mass is 35.5. The largest absolute Gasteiger partial charge is 0.305 e. The SMILES string of the molecule is C[C@H]1CN(c2ccc(Cl)cc2)C(=O)c2c(-c3ccncc3)cnn21. The maximum atomic E-state index is 13.1. The highest BCUT2D eigenvalue weighted by Crippen LogP contribution is 2.32. The number of halogens is 1. The van der Waals surface area contributed by atoms with Gasteiger partial charge < -0.3 is 4.90 Å². The number of carbonyl (C=O) groups excluding carboxylic acids is 1. The van der Waals surface area contributed by atoms with Crippen molar-refractivity contribution < 1.29 is 4.79 Å². The average Bonchev–Trinajstić information content (AvgIpc) is 3.06. The highest BCUT2D eigenvalue weighted by Gasteiger charge is 2.33. The number of hydrogen-bond acceptors (Lipinski definition) is 3. The minimum absolute atomic E-state index is 0.0558. The number of fused-ring (bicyclic) bond motifs is 1. The van der Waals surface area contributed by atoms with E-state index in [0.29, 0.717) is 17.3 Å². The minimum atomic E-state index is -0.0558. The fourth-order valence-corrected chi connectivity index (χ4v) is 3.17. The number of amides is 1. The van der Waals surface area contributed by atoms with E-state index in [-0.39, 0.29) is 11.9 Å². The Hall–Kier alpha value is -2.66. The van der Waals surface area contributed by atoms with Gasteiger partial charge in [0, 0.05) is 35.2 Å². The molecule has 24 heavy (non-hydrogen) atoms. The smallest absolute Gasteiger partial charge is 0.277 e. The Morgan fingerprint density at radius 2 is 1.83 bits per heavy atom. The van der Waals surface area contributed by atoms with E-state index in [1.807, 2.05) is 28.9 Å². The van der Waals surface area contributed by atoms with Crippen LogP contribution >= 0.6 is 11.6 Å². The zero-order chi connectivity index (χ0) is 16.7. The number of anilines is 1. The molecular weight excluding hydrogens is 324 g/mol. The molecule has 1 aliphatic rings. The third-order valence-corrected chi connectivity index (χ3v) is 4.49. The Bertz CT molecular complexity index is 889. The van der Waals surface area contributed by atoms with Crippen molar-refractivity contribution in [3.63, 3.8) is 0 Å². The normalized spacial score (nSPS) is 17.0. The summed E-state index contributed by atoms with van der Waals surface area (Å²) < 4.78 is 1.81. The Morgan fingerprint density at radius 1 is 1.12 bits per heavy atom. The lowest BCUT2D eigenvalue weighted by Crippen LogP contribution is -2.42. The molecule has 0 bridgehead atoms. The van der Waals surface area contributed by atoms with Gasteiger partial charge in [0.1, 0.15) is 5.69 Å². The van der Waals surface area contributed by atoms with Crippen molar-refractivity contribution in [2.24, 2.45) is 0 Å². The molecule has 3 aromatic rings. The molecule has 0 aliphatic carbocycles. The fraction of sp³-hybridized carbons (Fsp3) is 0.167. The number of aromatic nitrogens is 3. The van der Waals surface area contributed by atoms with Crippen molar-refractivity contribution in [2.45, 2.75) is 13.0 Å². The lowest BCUT2D eigenvalue weighted by Gasteiger charge is -2.32. The van der Waals surface area contributed by atoms with Crippen LogP contribution in [0.2, 0.25) is 5.02 Å². The third-order valence-electron chi connectivity index (χ3n) is 4.24. The van der Waals surface area contributed by atoms with E-state index in [1.165, 1.54) is 0 Å². The molecule has 120 valence electrons. The van der Waals surface area contributed by atoms with Gasteiger partial charge in [-0.15, -0.1) is 0 Å². The number of pyridine rings is 1. The topological polar surface area (TPSA) is 51.0 Å². The first-order valence-electron chi connectivity index (χ1n) is 7.70. The van der Waals surface area contributed by atoms with Crippen LogP contribution in [0.25, 0.3) is 11.1 Å². The summed E-state index contributed by atoms with van der Waals surface area (Å²) in [5.74, 6) is -0.0558. The number of nitrogens with zero attached hydrogens (tertiary/aromatic N) is 4. The fourth-order valence-electron chi connectivity index (χ4n) is 3.05. The van der Waals surface area contributed by atoms with E-state index < -0.39 is 0 Å². The third kappa shape index (κ3) is 2.37. The van der Waals surface area contributed by atoms with Crippen molar-refractivity contribution in [2.75, 3.05) is 11.4 Å². The number of carbonyl (C=O) groups is 1. The zero-order valence-corrected chi connectivity index (χ0v) is 13.8. The molecule has 0 spiro atoms. The predicted octanol–water partition coefficient (Wildman–Crippen LogP) is 3.82. The Labute approximate surface area is 144 Å². The summed E-state index contributed by atoms with van der Waals surface area (Å²) in [6.45, 7) is 2.63. The second kappa shape index (κ2) is 5.76. The molecule has 1 aliphatic heterocycles. The van der Waals surface area contributed by atoms with E-state index >= 15 is 0 Å². The van der Waals surface area contributed by atoms with Crippen LogP contribution in [0.15, 0.2) is 55.0 Å². The molecule has 5 nitrogen and oxygen atoms in total. The van der Waals surface area contributed by atoms with Crippen molar-refractivity contribution in [1.82, 2.24) is 14.8 Å². The summed E-state index contributed by atoms with van der Waals surface area (Å²) in [6, 6.07) is 11.2. The van der Waals surface area contributed by atoms with Crippen molar-refractivity contribution in [1.29, 1.82) is 0 Å². The van der Waals surface area contributed by atoms with Crippen LogP contribution < -0.4 is 4.90 Å². The van der Waals surface area contributed by atoms with Crippen LogP contribution in [0, 0.1) is 0 Å². The average molecular weight is 339 g/mol. The summed E-state index contributed by atoms with van der Waals surface area (Å²) in [7, 11) is 0. The summed E-state index contributed by atoms with van der Waals surface area (Å²) >= 11 is 5.96. The molecule has 1 aromatic carbocycles. The predicted molar refractivity (Wildman–Crippen MR) is 93.3 cm³/mol. The maximum Gasteiger partial charge on any atom is 0.277 e. The zero-order valence-electron chi connectivity index (χ0n) is 13.1. The van der Waals surface area contributed by atoms with Gasteiger partial charge >= 0.3 is 0 Å². The number of rotatable bonds is 2. The van der Waals surface area contributed by atoms with E-state index in [9.17, 15) is 4.79 Å². The van der Waals surface area contributed by atoms with Gasteiger partial charge in [0.15, 0.2) is 0 Å². The van der Waals surface area contributed by atoms with E-state index in [4.69, 9.17) is 11.6 Å². The molecular formula is C18H15ClN4O. The highest BCUT2D eigenvalue weighted by molar-refractivity contribution is 6.30. The second-order valence-electron chi connectivity index (χ2n) is 5.83. The second-order valence-corrected chi connectivity index (χ2v) is 6.26. The summed E-state index contributed by atoms with van der Waals surface area (Å²) in [4.78, 5) is 18.9. The molecule has 0 N–H and O–H groups in total. The molecule has 0 saturated carbocycles. The molecule has 0 fully saturated rings. The Balaban J connectivity index is 1.81. The first-order valence-corrected chi connectivity index (χ1v) is 8.08. The molecule has 0 radical (unpaired) electrons. The van der Waals surface area contributed by atoms with Crippen LogP contribution in [0.1, 0.15) is 23.5 Å². The summed E-state index contributed by atoms with van der Waals surface area (Å²) in [5.41, 5.74) is 3.21. The molecule has 4 rings (SSSR count). The maximum absolute atomic E-state index is 13.1. The van der Waals surface area contributed by atoms with Crippen LogP contribution in [-0.4, -0.2) is 27.2 Å². The van der Waals surface area contributed by atoms with Gasteiger partial charge in [0.2, 0.25) is 0 Å². The van der Waals surface area contributed by atoms with Gasteiger partial charge in [-0.05, 0) is 48.9 Å². The van der Waals surface area contributed by atoms with Gasteiger partial charge in [-0.3, -0.25) is 14.5 Å². The minimum Gasteiger partial charge on any atom is -0.305 e. The quantitative estimate of drug-likeness (QED) is 0.713. The van der Waals surface area contributed by atoms with E-state index in [0.717, 1.165) is 16.8 Å². The van der Waals surface area contributed by atoms with Gasteiger partial charge in [0.25, 0.3) is 5.91 Å². The van der Waals surface area contributed by atoms with Gasteiger partial charge in [0.05, 0.1) is 12.2 Å². The van der Waals surface area contributed by atoms with Gasteiger partial charge in [-0.1, -0.05) is 11.6 Å².